The average Bonchev–Trinajstić information content (AvgIpc) is 2.61. The normalized spacial score (nSPS) is 13.0. The number of nitrogens with zero attached hydrogens (tertiary/aromatic N) is 1. The number of carbonyl (C=O) groups is 1. The van der Waals surface area contributed by atoms with Gasteiger partial charge in [0.1, 0.15) is 6.10 Å². The van der Waals surface area contributed by atoms with E-state index in [4.69, 9.17) is 4.74 Å². The molecular weight excluding hydrogens is 338 g/mol. The predicted molar refractivity (Wildman–Crippen MR) is 96.8 cm³/mol. The monoisotopic (exact) mass is 361 g/mol. The molecule has 0 aliphatic carbocycles. The molecule has 25 heavy (non-hydrogen) atoms. The molecule has 2 aromatic carbocycles. The fourth-order valence-electron chi connectivity index (χ4n) is 2.25. The van der Waals surface area contributed by atoms with Gasteiger partial charge in [-0.05, 0) is 44.5 Å². The van der Waals surface area contributed by atoms with Crippen molar-refractivity contribution in [3.63, 3.8) is 0 Å². The van der Waals surface area contributed by atoms with E-state index in [1.807, 2.05) is 30.3 Å². The van der Waals surface area contributed by atoms with E-state index in [1.54, 1.807) is 32.9 Å². The van der Waals surface area contributed by atoms with Crippen LogP contribution < -0.4 is 0 Å². The van der Waals surface area contributed by atoms with Crippen LogP contribution in [0.1, 0.15) is 42.8 Å². The van der Waals surface area contributed by atoms with Gasteiger partial charge in [0.05, 0.1) is 10.5 Å². The molecule has 0 N–H and O–H groups in total. The molecule has 5 nitrogen and oxygen atoms in total. The Labute approximate surface area is 149 Å². The Morgan fingerprint density at radius 3 is 2.24 bits per heavy atom. The van der Waals surface area contributed by atoms with Gasteiger partial charge in [0, 0.05) is 13.1 Å². The van der Waals surface area contributed by atoms with Crippen molar-refractivity contribution in [1.29, 1.82) is 0 Å². The Kier molecular flexibility index (Phi) is 5.98. The summed E-state index contributed by atoms with van der Waals surface area (Å²) < 4.78 is 31.9. The summed E-state index contributed by atoms with van der Waals surface area (Å²) in [5.74, 6) is -0.555. The lowest BCUT2D eigenvalue weighted by Gasteiger charge is -2.21. The number of carbonyl (C=O) groups excluding carboxylic acids is 1. The van der Waals surface area contributed by atoms with Gasteiger partial charge < -0.3 is 4.74 Å². The van der Waals surface area contributed by atoms with Gasteiger partial charge in [-0.1, -0.05) is 36.4 Å². The summed E-state index contributed by atoms with van der Waals surface area (Å²) in [5.41, 5.74) is 1.08. The number of benzene rings is 2. The van der Waals surface area contributed by atoms with Gasteiger partial charge in [0.2, 0.25) is 10.0 Å². The van der Waals surface area contributed by atoms with Gasteiger partial charge >= 0.3 is 5.97 Å². The minimum absolute atomic E-state index is 0.0746. The molecule has 0 bridgehead atoms. The van der Waals surface area contributed by atoms with Gasteiger partial charge in [-0.3, -0.25) is 0 Å². The van der Waals surface area contributed by atoms with Crippen LogP contribution in [0, 0.1) is 0 Å². The zero-order valence-electron chi connectivity index (χ0n) is 14.8. The number of sulfonamides is 1. The Hall–Kier alpha value is -2.18. The summed E-state index contributed by atoms with van der Waals surface area (Å²) in [6.45, 7) is 5.36. The van der Waals surface area contributed by atoms with Crippen molar-refractivity contribution in [2.24, 2.45) is 0 Å². The number of hydrogen-bond acceptors (Lipinski definition) is 4. The fraction of sp³-hybridized carbons (Fsp3) is 0.316. The van der Waals surface area contributed by atoms with Crippen molar-refractivity contribution >= 4 is 16.0 Å². The molecule has 1 atom stereocenters. The van der Waals surface area contributed by atoms with Crippen molar-refractivity contribution in [2.45, 2.75) is 37.8 Å². The van der Waals surface area contributed by atoms with Crippen LogP contribution in [-0.2, 0) is 14.8 Å². The molecule has 0 amide bonds. The zero-order valence-corrected chi connectivity index (χ0v) is 15.7. The van der Waals surface area contributed by atoms with Crippen LogP contribution in [0.5, 0.6) is 0 Å². The molecule has 0 fully saturated rings. The van der Waals surface area contributed by atoms with Crippen LogP contribution in [0.25, 0.3) is 0 Å². The number of rotatable bonds is 6. The van der Waals surface area contributed by atoms with Crippen LogP contribution in [-0.4, -0.2) is 31.8 Å². The molecule has 0 saturated heterocycles. The third kappa shape index (κ3) is 4.46. The van der Waals surface area contributed by atoms with E-state index >= 15 is 0 Å². The molecule has 2 rings (SSSR count). The van der Waals surface area contributed by atoms with Crippen LogP contribution in [0.2, 0.25) is 0 Å². The maximum atomic E-state index is 12.6. The number of hydrogen-bond donors (Lipinski definition) is 0. The molecular formula is C19H23NO4S. The molecule has 0 aliphatic rings. The third-order valence-corrected chi connectivity index (χ3v) is 6.06. The van der Waals surface area contributed by atoms with Crippen LogP contribution in [0.3, 0.4) is 0 Å². The highest BCUT2D eigenvalue weighted by molar-refractivity contribution is 7.89. The molecule has 134 valence electrons. The zero-order chi connectivity index (χ0) is 18.6. The van der Waals surface area contributed by atoms with E-state index in [0.29, 0.717) is 0 Å². The molecule has 0 aromatic heterocycles. The lowest BCUT2D eigenvalue weighted by Crippen LogP contribution is -2.33. The van der Waals surface area contributed by atoms with Gasteiger partial charge in [-0.25, -0.2) is 13.2 Å². The SMILES string of the molecule is CC(C)N(C)S(=O)(=O)c1cccc(C(=O)O[C@@H](C)c2ccccc2)c1. The summed E-state index contributed by atoms with van der Waals surface area (Å²) in [5, 5.41) is 0. The lowest BCUT2D eigenvalue weighted by molar-refractivity contribution is 0.0337. The van der Waals surface area contributed by atoms with Crippen LogP contribution in [0.4, 0.5) is 0 Å². The van der Waals surface area contributed by atoms with E-state index in [-0.39, 0.29) is 16.5 Å². The van der Waals surface area contributed by atoms with Crippen molar-refractivity contribution in [3.05, 3.63) is 65.7 Å². The maximum Gasteiger partial charge on any atom is 0.338 e. The van der Waals surface area contributed by atoms with Gasteiger partial charge in [0.15, 0.2) is 0 Å². The Balaban J connectivity index is 2.22. The highest BCUT2D eigenvalue weighted by atomic mass is 32.2. The van der Waals surface area contributed by atoms with E-state index in [9.17, 15) is 13.2 Å². The highest BCUT2D eigenvalue weighted by Crippen LogP contribution is 2.21. The molecule has 0 spiro atoms. The summed E-state index contributed by atoms with van der Waals surface area (Å²) in [6, 6.07) is 15.1. The molecule has 0 saturated carbocycles. The van der Waals surface area contributed by atoms with E-state index in [2.05, 4.69) is 0 Å². The van der Waals surface area contributed by atoms with E-state index < -0.39 is 22.1 Å². The van der Waals surface area contributed by atoms with Gasteiger partial charge in [-0.2, -0.15) is 4.31 Å². The second kappa shape index (κ2) is 7.80. The summed E-state index contributed by atoms with van der Waals surface area (Å²) >= 11 is 0. The van der Waals surface area contributed by atoms with Crippen LogP contribution >= 0.6 is 0 Å². The smallest absolute Gasteiger partial charge is 0.338 e. The van der Waals surface area contributed by atoms with Gasteiger partial charge in [0.25, 0.3) is 0 Å². The minimum Gasteiger partial charge on any atom is -0.454 e. The largest absolute Gasteiger partial charge is 0.454 e. The van der Waals surface area contributed by atoms with E-state index in [0.717, 1.165) is 5.56 Å². The second-order valence-corrected chi connectivity index (χ2v) is 8.10. The quantitative estimate of drug-likeness (QED) is 0.737. The first-order valence-corrected chi connectivity index (χ1v) is 9.51. The fourth-order valence-corrected chi connectivity index (χ4v) is 3.66. The number of ether oxygens (including phenoxy) is 1. The topological polar surface area (TPSA) is 63.7 Å². The molecule has 0 heterocycles. The maximum absolute atomic E-state index is 12.6. The summed E-state index contributed by atoms with van der Waals surface area (Å²) in [4.78, 5) is 12.5. The number of esters is 1. The van der Waals surface area contributed by atoms with Crippen molar-refractivity contribution in [1.82, 2.24) is 4.31 Å². The molecule has 6 heteroatoms. The average molecular weight is 361 g/mol. The predicted octanol–water partition coefficient (Wildman–Crippen LogP) is 3.63. The first-order valence-electron chi connectivity index (χ1n) is 8.07. The van der Waals surface area contributed by atoms with Gasteiger partial charge in [-0.15, -0.1) is 0 Å². The second-order valence-electron chi connectivity index (χ2n) is 6.10. The molecule has 2 aromatic rings. The first-order chi connectivity index (χ1) is 11.7. The Morgan fingerprint density at radius 1 is 1.00 bits per heavy atom. The molecule has 0 radical (unpaired) electrons. The molecule has 0 unspecified atom stereocenters. The van der Waals surface area contributed by atoms with Crippen molar-refractivity contribution < 1.29 is 17.9 Å². The van der Waals surface area contributed by atoms with Crippen LogP contribution in [0.15, 0.2) is 59.5 Å². The highest BCUT2D eigenvalue weighted by Gasteiger charge is 2.24. The van der Waals surface area contributed by atoms with E-state index in [1.165, 1.54) is 23.5 Å². The third-order valence-electron chi connectivity index (χ3n) is 4.03. The lowest BCUT2D eigenvalue weighted by atomic mass is 10.1. The Morgan fingerprint density at radius 2 is 1.64 bits per heavy atom. The molecule has 0 aliphatic heterocycles. The van der Waals surface area contributed by atoms with Crippen molar-refractivity contribution in [3.8, 4) is 0 Å². The minimum atomic E-state index is -3.65. The summed E-state index contributed by atoms with van der Waals surface area (Å²) in [7, 11) is -2.13. The first kappa shape index (κ1) is 19.1. The standard InChI is InChI=1S/C19H23NO4S/c1-14(2)20(4)25(22,23)18-12-8-11-17(13-18)19(21)24-15(3)16-9-6-5-7-10-16/h5-15H,1-4H3/t15-/m0/s1. The van der Waals surface area contributed by atoms with Crippen molar-refractivity contribution in [2.75, 3.05) is 7.05 Å². The Bertz CT molecular complexity index is 832. The summed E-state index contributed by atoms with van der Waals surface area (Å²) in [6.07, 6.45) is -0.424.